The smallest absolute Gasteiger partial charge is 0.359 e. The number of carbonyl (C=O) groups is 1. The van der Waals surface area contributed by atoms with Crippen LogP contribution in [0.1, 0.15) is 54.2 Å². The summed E-state index contributed by atoms with van der Waals surface area (Å²) in [6.07, 6.45) is 6.12. The fourth-order valence-electron chi connectivity index (χ4n) is 5.08. The lowest BCUT2D eigenvalue weighted by molar-refractivity contribution is -0.00476. The Bertz CT molecular complexity index is 511. The van der Waals surface area contributed by atoms with Gasteiger partial charge in [0.25, 0.3) is 0 Å². The van der Waals surface area contributed by atoms with Crippen molar-refractivity contribution in [3.05, 3.63) is 11.4 Å². The maximum Gasteiger partial charge on any atom is 0.359 e. The first-order chi connectivity index (χ1) is 9.13. The maximum atomic E-state index is 11.3. The molecular weight excluding hydrogens is 246 g/mol. The van der Waals surface area contributed by atoms with E-state index in [1.807, 2.05) is 0 Å². The van der Waals surface area contributed by atoms with Crippen molar-refractivity contribution in [3.63, 3.8) is 0 Å². The van der Waals surface area contributed by atoms with Gasteiger partial charge in [0.15, 0.2) is 0 Å². The van der Waals surface area contributed by atoms with Crippen LogP contribution in [0.5, 0.6) is 0 Å². The van der Waals surface area contributed by atoms with Gasteiger partial charge >= 0.3 is 5.97 Å². The first-order valence-corrected chi connectivity index (χ1v) is 7.01. The normalized spacial score (nSPS) is 39.7. The summed E-state index contributed by atoms with van der Waals surface area (Å²) in [6, 6.07) is 0. The Balaban J connectivity index is 1.75. The van der Waals surface area contributed by atoms with Crippen LogP contribution in [0.2, 0.25) is 0 Å². The fourth-order valence-corrected chi connectivity index (χ4v) is 5.08. The van der Waals surface area contributed by atoms with Gasteiger partial charge in [0, 0.05) is 5.92 Å². The molecule has 102 valence electrons. The van der Waals surface area contributed by atoms with E-state index in [0.29, 0.717) is 22.4 Å². The standard InChI is InChI=1S/C13H17N3O3/c17-13(18)12-11(14-15-16(12)19)10-8-2-6-1-7(4-8)5-9(10)3-6/h6-10,19H,1-5H2,(H,17,18). The van der Waals surface area contributed by atoms with Gasteiger partial charge in [-0.15, -0.1) is 5.10 Å². The highest BCUT2D eigenvalue weighted by molar-refractivity contribution is 5.86. The molecule has 0 amide bonds. The molecule has 4 saturated carbocycles. The first kappa shape index (κ1) is 11.3. The number of carboxylic acids is 1. The molecule has 19 heavy (non-hydrogen) atoms. The quantitative estimate of drug-likeness (QED) is 0.794. The number of carboxylic acid groups (broad SMARTS) is 1. The molecule has 0 radical (unpaired) electrons. The second-order valence-electron chi connectivity index (χ2n) is 6.47. The van der Waals surface area contributed by atoms with Crippen LogP contribution in [-0.2, 0) is 0 Å². The van der Waals surface area contributed by atoms with Crippen molar-refractivity contribution >= 4 is 5.97 Å². The number of hydrogen-bond donors (Lipinski definition) is 2. The first-order valence-electron chi connectivity index (χ1n) is 7.01. The highest BCUT2D eigenvalue weighted by atomic mass is 16.5. The predicted molar refractivity (Wildman–Crippen MR) is 64.0 cm³/mol. The van der Waals surface area contributed by atoms with Crippen molar-refractivity contribution in [2.24, 2.45) is 23.7 Å². The Kier molecular flexibility index (Phi) is 2.20. The topological polar surface area (TPSA) is 88.2 Å². The van der Waals surface area contributed by atoms with E-state index >= 15 is 0 Å². The van der Waals surface area contributed by atoms with E-state index in [9.17, 15) is 15.1 Å². The van der Waals surface area contributed by atoms with Gasteiger partial charge in [0.05, 0.1) is 0 Å². The molecule has 6 heteroatoms. The van der Waals surface area contributed by atoms with Crippen molar-refractivity contribution in [2.45, 2.75) is 38.0 Å². The number of aromatic nitrogens is 3. The average Bonchev–Trinajstić information content (AvgIpc) is 2.69. The largest absolute Gasteiger partial charge is 0.476 e. The predicted octanol–water partition coefficient (Wildman–Crippen LogP) is 1.75. The molecule has 0 saturated heterocycles. The van der Waals surface area contributed by atoms with E-state index in [1.165, 1.54) is 32.1 Å². The Labute approximate surface area is 110 Å². The summed E-state index contributed by atoms with van der Waals surface area (Å²) in [5.74, 6) is 1.76. The van der Waals surface area contributed by atoms with E-state index in [-0.39, 0.29) is 11.6 Å². The highest BCUT2D eigenvalue weighted by Crippen LogP contribution is 2.59. The van der Waals surface area contributed by atoms with E-state index in [1.54, 1.807) is 0 Å². The molecule has 2 N–H and O–H groups in total. The zero-order valence-corrected chi connectivity index (χ0v) is 10.6. The third-order valence-electron chi connectivity index (χ3n) is 5.42. The third kappa shape index (κ3) is 1.52. The summed E-state index contributed by atoms with van der Waals surface area (Å²) >= 11 is 0. The van der Waals surface area contributed by atoms with E-state index in [4.69, 9.17) is 0 Å². The molecule has 1 aromatic rings. The second kappa shape index (κ2) is 3.71. The Morgan fingerprint density at radius 3 is 2.21 bits per heavy atom. The molecule has 0 aromatic carbocycles. The molecule has 0 aliphatic heterocycles. The molecule has 4 aliphatic carbocycles. The van der Waals surface area contributed by atoms with Crippen LogP contribution in [-0.4, -0.2) is 31.4 Å². The number of hydrogen-bond acceptors (Lipinski definition) is 4. The van der Waals surface area contributed by atoms with Crippen LogP contribution in [0.4, 0.5) is 0 Å². The SMILES string of the molecule is O=C(O)c1c(C2C3CC4CC(C3)CC2C4)nnn1O. The fraction of sp³-hybridized carbons (Fsp3) is 0.769. The minimum absolute atomic E-state index is 0.141. The van der Waals surface area contributed by atoms with Crippen LogP contribution < -0.4 is 0 Å². The minimum Gasteiger partial charge on any atom is -0.476 e. The van der Waals surface area contributed by atoms with E-state index in [0.717, 1.165) is 11.8 Å². The van der Waals surface area contributed by atoms with Crippen molar-refractivity contribution in [1.82, 2.24) is 15.2 Å². The van der Waals surface area contributed by atoms with E-state index in [2.05, 4.69) is 10.3 Å². The van der Waals surface area contributed by atoms with Gasteiger partial charge in [-0.2, -0.15) is 0 Å². The van der Waals surface area contributed by atoms with Crippen molar-refractivity contribution < 1.29 is 15.1 Å². The summed E-state index contributed by atoms with van der Waals surface area (Å²) in [7, 11) is 0. The number of nitrogens with zero attached hydrogens (tertiary/aromatic N) is 3. The molecule has 1 aromatic heterocycles. The molecule has 4 fully saturated rings. The molecule has 4 aliphatic rings. The van der Waals surface area contributed by atoms with E-state index < -0.39 is 5.97 Å². The highest BCUT2D eigenvalue weighted by Gasteiger charge is 2.50. The van der Waals surface area contributed by atoms with Gasteiger partial charge in [-0.25, -0.2) is 4.79 Å². The third-order valence-corrected chi connectivity index (χ3v) is 5.42. The summed E-state index contributed by atoms with van der Waals surface area (Å²) < 4.78 is 0. The monoisotopic (exact) mass is 263 g/mol. The van der Waals surface area contributed by atoms with Crippen molar-refractivity contribution in [2.75, 3.05) is 0 Å². The maximum absolute atomic E-state index is 11.3. The van der Waals surface area contributed by atoms with Crippen LogP contribution in [0.25, 0.3) is 0 Å². The second-order valence-corrected chi connectivity index (χ2v) is 6.47. The zero-order valence-electron chi connectivity index (χ0n) is 10.6. The summed E-state index contributed by atoms with van der Waals surface area (Å²) in [6.45, 7) is 0. The molecule has 6 nitrogen and oxygen atoms in total. The van der Waals surface area contributed by atoms with Gasteiger partial charge in [0.2, 0.25) is 5.69 Å². The minimum atomic E-state index is -1.14. The van der Waals surface area contributed by atoms with Crippen LogP contribution in [0.15, 0.2) is 0 Å². The lowest BCUT2D eigenvalue weighted by Crippen LogP contribution is -2.44. The van der Waals surface area contributed by atoms with Crippen LogP contribution in [0, 0.1) is 23.7 Å². The Morgan fingerprint density at radius 2 is 1.68 bits per heavy atom. The summed E-state index contributed by atoms with van der Waals surface area (Å²) in [4.78, 5) is 11.7. The van der Waals surface area contributed by atoms with Crippen LogP contribution in [0.3, 0.4) is 0 Å². The molecule has 0 unspecified atom stereocenters. The van der Waals surface area contributed by atoms with Gasteiger partial charge in [-0.05, 0) is 61.0 Å². The molecular formula is C13H17N3O3. The Morgan fingerprint density at radius 1 is 1.11 bits per heavy atom. The van der Waals surface area contributed by atoms with Crippen LogP contribution >= 0.6 is 0 Å². The lowest BCUT2D eigenvalue weighted by Gasteiger charge is -2.53. The lowest BCUT2D eigenvalue weighted by atomic mass is 9.51. The van der Waals surface area contributed by atoms with Gasteiger partial charge in [0.1, 0.15) is 5.69 Å². The zero-order chi connectivity index (χ0) is 13.1. The van der Waals surface area contributed by atoms with Crippen molar-refractivity contribution in [1.29, 1.82) is 0 Å². The number of aromatic carboxylic acids is 1. The molecule has 0 spiro atoms. The molecule has 5 rings (SSSR count). The Hall–Kier alpha value is -1.59. The molecule has 4 bridgehead atoms. The number of rotatable bonds is 2. The van der Waals surface area contributed by atoms with Gasteiger partial charge in [-0.1, -0.05) is 4.85 Å². The average molecular weight is 263 g/mol. The molecule has 0 atom stereocenters. The molecule has 1 heterocycles. The van der Waals surface area contributed by atoms with Gasteiger partial charge < -0.3 is 10.3 Å². The van der Waals surface area contributed by atoms with Crippen molar-refractivity contribution in [3.8, 4) is 0 Å². The van der Waals surface area contributed by atoms with Gasteiger partial charge in [-0.3, -0.25) is 0 Å². The summed E-state index contributed by atoms with van der Waals surface area (Å²) in [5.41, 5.74) is 0.362. The summed E-state index contributed by atoms with van der Waals surface area (Å²) in [5, 5.41) is 26.2.